The van der Waals surface area contributed by atoms with Gasteiger partial charge in [0.15, 0.2) is 5.17 Å². The van der Waals surface area contributed by atoms with E-state index in [1.165, 1.54) is 22.9 Å². The Morgan fingerprint density at radius 3 is 2.48 bits per heavy atom. The molecule has 0 aliphatic carbocycles. The molecule has 1 amide bonds. The molecule has 0 atom stereocenters. The maximum atomic E-state index is 12.9. The van der Waals surface area contributed by atoms with Crippen LogP contribution in [0.2, 0.25) is 5.02 Å². The number of nitrogens with zero attached hydrogens (tertiary/aromatic N) is 3. The monoisotopic (exact) mass is 415 g/mol. The van der Waals surface area contributed by atoms with E-state index in [-0.39, 0.29) is 5.91 Å². The Labute approximate surface area is 172 Å². The Hall–Kier alpha value is -1.89. The summed E-state index contributed by atoms with van der Waals surface area (Å²) >= 11 is 9.14. The number of carbonyl (C=O) groups excluding carboxylic acids is 1. The van der Waals surface area contributed by atoms with Crippen molar-refractivity contribution in [1.82, 2.24) is 4.90 Å². The molecule has 2 heterocycles. The topological polar surface area (TPSA) is 35.9 Å². The van der Waals surface area contributed by atoms with Crippen molar-refractivity contribution in [3.05, 3.63) is 62.5 Å². The van der Waals surface area contributed by atoms with Crippen LogP contribution in [0.5, 0.6) is 0 Å². The molecule has 0 bridgehead atoms. The van der Waals surface area contributed by atoms with Gasteiger partial charge in [0, 0.05) is 24.0 Å². The third kappa shape index (κ3) is 3.26. The number of benzene rings is 2. The SMILES string of the molecule is Cc1ccc(N=C2SC(=C3Sc4ccc(Cl)cc4N3C)C(=O)N2C)cc1C. The summed E-state index contributed by atoms with van der Waals surface area (Å²) in [5.74, 6) is -0.0316. The second-order valence-corrected chi connectivity index (χ2v) is 8.98. The van der Waals surface area contributed by atoms with Crippen molar-refractivity contribution in [2.24, 2.45) is 4.99 Å². The van der Waals surface area contributed by atoms with Crippen molar-refractivity contribution >= 4 is 57.6 Å². The van der Waals surface area contributed by atoms with E-state index in [9.17, 15) is 4.79 Å². The van der Waals surface area contributed by atoms with Crippen LogP contribution in [0.1, 0.15) is 11.1 Å². The summed E-state index contributed by atoms with van der Waals surface area (Å²) in [5.41, 5.74) is 4.29. The fourth-order valence-electron chi connectivity index (χ4n) is 2.90. The Bertz CT molecular complexity index is 1030. The Kier molecular flexibility index (Phi) is 4.74. The van der Waals surface area contributed by atoms with Crippen LogP contribution in [0.25, 0.3) is 0 Å². The summed E-state index contributed by atoms with van der Waals surface area (Å²) in [7, 11) is 3.73. The standard InChI is InChI=1S/C20H18ClN3OS2/c1-11-5-7-14(9-12(11)2)22-20-24(4)18(25)17(27-20)19-23(3)15-10-13(21)6-8-16(15)26-19/h5-10H,1-4H3. The van der Waals surface area contributed by atoms with Crippen LogP contribution in [0.3, 0.4) is 0 Å². The lowest BCUT2D eigenvalue weighted by Gasteiger charge is -2.14. The number of anilines is 1. The summed E-state index contributed by atoms with van der Waals surface area (Å²) in [5, 5.41) is 2.29. The first-order chi connectivity index (χ1) is 12.8. The van der Waals surface area contributed by atoms with Gasteiger partial charge in [-0.05, 0) is 67.1 Å². The number of hydrogen-bond donors (Lipinski definition) is 0. The van der Waals surface area contributed by atoms with Gasteiger partial charge in [0.2, 0.25) is 0 Å². The van der Waals surface area contributed by atoms with Gasteiger partial charge >= 0.3 is 0 Å². The van der Waals surface area contributed by atoms with Crippen LogP contribution >= 0.6 is 35.1 Å². The van der Waals surface area contributed by atoms with Gasteiger partial charge in [-0.3, -0.25) is 9.69 Å². The molecular weight excluding hydrogens is 398 g/mol. The number of amidine groups is 1. The molecule has 138 valence electrons. The number of carbonyl (C=O) groups is 1. The van der Waals surface area contributed by atoms with Crippen LogP contribution in [-0.4, -0.2) is 30.1 Å². The van der Waals surface area contributed by atoms with Gasteiger partial charge in [0.1, 0.15) is 4.91 Å². The fraction of sp³-hybridized carbons (Fsp3) is 0.200. The molecule has 1 fully saturated rings. The molecule has 2 aromatic rings. The van der Waals surface area contributed by atoms with Gasteiger partial charge in [-0.2, -0.15) is 0 Å². The molecule has 0 unspecified atom stereocenters. The van der Waals surface area contributed by atoms with E-state index >= 15 is 0 Å². The quantitative estimate of drug-likeness (QED) is 0.571. The summed E-state index contributed by atoms with van der Waals surface area (Å²) in [6.45, 7) is 4.14. The highest BCUT2D eigenvalue weighted by Crippen LogP contribution is 2.50. The summed E-state index contributed by atoms with van der Waals surface area (Å²) in [6.07, 6.45) is 0. The van der Waals surface area contributed by atoms with Gasteiger partial charge in [-0.25, -0.2) is 4.99 Å². The van der Waals surface area contributed by atoms with Crippen molar-refractivity contribution in [2.45, 2.75) is 18.7 Å². The van der Waals surface area contributed by atoms with E-state index in [0.717, 1.165) is 21.3 Å². The lowest BCUT2D eigenvalue weighted by molar-refractivity contribution is -0.121. The first kappa shape index (κ1) is 18.5. The Morgan fingerprint density at radius 2 is 1.74 bits per heavy atom. The van der Waals surface area contributed by atoms with Gasteiger partial charge in [-0.15, -0.1) is 0 Å². The molecule has 0 saturated carbocycles. The minimum Gasteiger partial charge on any atom is -0.337 e. The number of rotatable bonds is 1. The number of hydrogen-bond acceptors (Lipinski definition) is 5. The van der Waals surface area contributed by atoms with Crippen molar-refractivity contribution in [1.29, 1.82) is 0 Å². The number of thioether (sulfide) groups is 2. The maximum absolute atomic E-state index is 12.9. The summed E-state index contributed by atoms with van der Waals surface area (Å²) in [6, 6.07) is 11.9. The molecule has 4 nitrogen and oxygen atoms in total. The van der Waals surface area contributed by atoms with E-state index in [2.05, 4.69) is 19.9 Å². The van der Waals surface area contributed by atoms with E-state index < -0.39 is 0 Å². The minimum atomic E-state index is -0.0316. The van der Waals surface area contributed by atoms with Gasteiger partial charge < -0.3 is 4.90 Å². The second-order valence-electron chi connectivity index (χ2n) is 6.54. The van der Waals surface area contributed by atoms with Crippen molar-refractivity contribution < 1.29 is 4.79 Å². The van der Waals surface area contributed by atoms with E-state index in [4.69, 9.17) is 16.6 Å². The number of aliphatic imine (C=N–C) groups is 1. The summed E-state index contributed by atoms with van der Waals surface area (Å²) < 4.78 is 0. The van der Waals surface area contributed by atoms with Gasteiger partial charge in [0.05, 0.1) is 16.4 Å². The number of aryl methyl sites for hydroxylation is 2. The maximum Gasteiger partial charge on any atom is 0.269 e. The molecule has 2 aliphatic heterocycles. The zero-order chi connectivity index (χ0) is 19.3. The predicted molar refractivity (Wildman–Crippen MR) is 116 cm³/mol. The number of amides is 1. The highest BCUT2D eigenvalue weighted by molar-refractivity contribution is 8.19. The lowest BCUT2D eigenvalue weighted by atomic mass is 10.1. The molecule has 1 saturated heterocycles. The molecule has 0 radical (unpaired) electrons. The molecule has 2 aromatic carbocycles. The van der Waals surface area contributed by atoms with Crippen LogP contribution < -0.4 is 4.90 Å². The number of likely N-dealkylation sites (N-methyl/N-ethyl adjacent to an activating group) is 1. The highest BCUT2D eigenvalue weighted by Gasteiger charge is 2.37. The smallest absolute Gasteiger partial charge is 0.269 e. The number of fused-ring (bicyclic) bond motifs is 1. The molecule has 0 N–H and O–H groups in total. The largest absolute Gasteiger partial charge is 0.337 e. The molecule has 4 rings (SSSR count). The second kappa shape index (κ2) is 6.93. The lowest BCUT2D eigenvalue weighted by Crippen LogP contribution is -2.24. The van der Waals surface area contributed by atoms with Crippen molar-refractivity contribution in [2.75, 3.05) is 19.0 Å². The predicted octanol–water partition coefficient (Wildman–Crippen LogP) is 5.56. The molecule has 2 aliphatic rings. The van der Waals surface area contributed by atoms with E-state index in [0.29, 0.717) is 15.1 Å². The number of halogens is 1. The van der Waals surface area contributed by atoms with Crippen molar-refractivity contribution in [3.8, 4) is 0 Å². The molecule has 27 heavy (non-hydrogen) atoms. The third-order valence-electron chi connectivity index (χ3n) is 4.68. The minimum absolute atomic E-state index is 0.0316. The molecule has 0 aromatic heterocycles. The Morgan fingerprint density at radius 1 is 0.963 bits per heavy atom. The molecule has 0 spiro atoms. The van der Waals surface area contributed by atoms with E-state index in [1.54, 1.807) is 23.7 Å². The average Bonchev–Trinajstić information content (AvgIpc) is 3.10. The third-order valence-corrected chi connectivity index (χ3v) is 7.40. The van der Waals surface area contributed by atoms with Gasteiger partial charge in [-0.1, -0.05) is 29.4 Å². The normalized spacial score (nSPS) is 20.8. The van der Waals surface area contributed by atoms with E-state index in [1.807, 2.05) is 42.3 Å². The average molecular weight is 416 g/mol. The van der Waals surface area contributed by atoms with Crippen molar-refractivity contribution in [3.63, 3.8) is 0 Å². The highest BCUT2D eigenvalue weighted by atomic mass is 35.5. The van der Waals surface area contributed by atoms with Crippen LogP contribution in [0.15, 0.2) is 56.2 Å². The molecular formula is C20H18ClN3OS2. The van der Waals surface area contributed by atoms with Crippen LogP contribution in [0.4, 0.5) is 11.4 Å². The molecule has 7 heteroatoms. The van der Waals surface area contributed by atoms with Crippen LogP contribution in [0, 0.1) is 13.8 Å². The Balaban J connectivity index is 1.70. The summed E-state index contributed by atoms with van der Waals surface area (Å²) in [4.78, 5) is 23.0. The first-order valence-electron chi connectivity index (χ1n) is 8.42. The zero-order valence-electron chi connectivity index (χ0n) is 15.4. The van der Waals surface area contributed by atoms with Gasteiger partial charge in [0.25, 0.3) is 5.91 Å². The fourth-order valence-corrected chi connectivity index (χ4v) is 5.38. The zero-order valence-corrected chi connectivity index (χ0v) is 17.8. The van der Waals surface area contributed by atoms with Crippen LogP contribution in [-0.2, 0) is 4.79 Å². The first-order valence-corrected chi connectivity index (χ1v) is 10.4.